The highest BCUT2D eigenvalue weighted by Crippen LogP contribution is 2.40. The number of carbonyl (C=O) groups is 2. The molecular formula is C50H40Cl4N6O8. The molecule has 0 bridgehead atoms. The van der Waals surface area contributed by atoms with Gasteiger partial charge in [0.05, 0.1) is 69.8 Å². The number of halogens is 4. The molecule has 0 spiro atoms. The Morgan fingerprint density at radius 1 is 0.618 bits per heavy atom. The van der Waals surface area contributed by atoms with E-state index < -0.39 is 0 Å². The monoisotopic (exact) mass is 992 g/mol. The minimum atomic E-state index is -0.272. The molecule has 2 amide bonds. The molecule has 2 fully saturated rings. The highest BCUT2D eigenvalue weighted by atomic mass is 35.5. The van der Waals surface area contributed by atoms with Crippen molar-refractivity contribution in [3.63, 3.8) is 0 Å². The molecule has 2 aliphatic rings. The van der Waals surface area contributed by atoms with Crippen molar-refractivity contribution in [2.24, 2.45) is 0 Å². The van der Waals surface area contributed by atoms with Gasteiger partial charge in [0.15, 0.2) is 0 Å². The minimum Gasteiger partial charge on any atom is -0.488 e. The first kappa shape index (κ1) is 47.9. The van der Waals surface area contributed by atoms with Gasteiger partial charge in [-0.2, -0.15) is 5.26 Å². The van der Waals surface area contributed by atoms with Gasteiger partial charge in [-0.15, -0.1) is 0 Å². The van der Waals surface area contributed by atoms with Gasteiger partial charge in [-0.05, 0) is 29.8 Å². The van der Waals surface area contributed by atoms with E-state index in [2.05, 4.69) is 20.9 Å². The van der Waals surface area contributed by atoms with Gasteiger partial charge in [0.1, 0.15) is 55.5 Å². The Morgan fingerprint density at radius 3 is 1.54 bits per heavy atom. The Morgan fingerprint density at radius 2 is 1.07 bits per heavy atom. The van der Waals surface area contributed by atoms with Crippen LogP contribution >= 0.6 is 46.4 Å². The topological polar surface area (TPSA) is 150 Å². The lowest BCUT2D eigenvalue weighted by atomic mass is 10.0. The van der Waals surface area contributed by atoms with Crippen LogP contribution in [0.15, 0.2) is 97.6 Å². The Kier molecular flexibility index (Phi) is 15.8. The Hall–Kier alpha value is -6.62. The summed E-state index contributed by atoms with van der Waals surface area (Å²) in [6.07, 6.45) is 6.09. The normalized spacial score (nSPS) is 13.6. The summed E-state index contributed by atoms with van der Waals surface area (Å²) in [7, 11) is 0. The summed E-state index contributed by atoms with van der Waals surface area (Å²) in [6, 6.07) is 22.6. The zero-order valence-electron chi connectivity index (χ0n) is 36.2. The van der Waals surface area contributed by atoms with Gasteiger partial charge in [-0.3, -0.25) is 19.6 Å². The summed E-state index contributed by atoms with van der Waals surface area (Å²) in [6.45, 7) is 10.7. The van der Waals surface area contributed by atoms with Gasteiger partial charge in [0, 0.05) is 90.9 Å². The quantitative estimate of drug-likeness (QED) is 0.0905. The van der Waals surface area contributed by atoms with E-state index in [1.807, 2.05) is 36.4 Å². The molecule has 0 saturated carbocycles. The number of benzene rings is 4. The number of carbonyl (C=O) groups excluding carboxylic acids is 2. The van der Waals surface area contributed by atoms with Crippen molar-refractivity contribution in [2.45, 2.75) is 26.4 Å². The van der Waals surface area contributed by atoms with Crippen molar-refractivity contribution in [1.82, 2.24) is 19.8 Å². The maximum Gasteiger partial charge on any atom is 0.257 e. The van der Waals surface area contributed by atoms with Crippen LogP contribution < -0.4 is 18.9 Å². The third kappa shape index (κ3) is 11.4. The predicted molar refractivity (Wildman–Crippen MR) is 255 cm³/mol. The molecule has 6 aromatic rings. The average molecular weight is 995 g/mol. The van der Waals surface area contributed by atoms with Crippen molar-refractivity contribution in [2.75, 3.05) is 52.6 Å². The van der Waals surface area contributed by atoms with Crippen LogP contribution in [-0.2, 0) is 35.9 Å². The van der Waals surface area contributed by atoms with Crippen LogP contribution in [-0.4, -0.2) is 84.2 Å². The van der Waals surface area contributed by atoms with Crippen LogP contribution in [0.4, 0.5) is 5.69 Å². The minimum absolute atomic E-state index is 0.00676. The summed E-state index contributed by atoms with van der Waals surface area (Å²) >= 11 is 27.7. The molecule has 0 N–H and O–H groups in total. The maximum absolute atomic E-state index is 13.7. The summed E-state index contributed by atoms with van der Waals surface area (Å²) in [5.74, 6) is 0.432. The third-order valence-corrected chi connectivity index (χ3v) is 12.4. The Bertz CT molecular complexity index is 2740. The fourth-order valence-electron chi connectivity index (χ4n) is 7.41. The van der Waals surface area contributed by atoms with E-state index in [0.717, 1.165) is 0 Å². The first-order valence-corrected chi connectivity index (χ1v) is 22.7. The molecular weight excluding hydrogens is 954 g/mol. The fraction of sp³-hybridized carbons (Fsp3) is 0.240. The van der Waals surface area contributed by atoms with Crippen molar-refractivity contribution in [1.29, 1.82) is 5.26 Å². The molecule has 4 aromatic carbocycles. The number of morpholine rings is 2. The Balaban J connectivity index is 1.01. The second-order valence-electron chi connectivity index (χ2n) is 15.4. The van der Waals surface area contributed by atoms with Crippen LogP contribution in [0.5, 0.6) is 23.0 Å². The lowest BCUT2D eigenvalue weighted by Gasteiger charge is -2.27. The average Bonchev–Trinajstić information content (AvgIpc) is 3.38. The zero-order valence-corrected chi connectivity index (χ0v) is 39.2. The third-order valence-electron chi connectivity index (χ3n) is 11.0. The number of nitrogens with zero attached hydrogens (tertiary/aromatic N) is 6. The highest BCUT2D eigenvalue weighted by molar-refractivity contribution is 6.37. The van der Waals surface area contributed by atoms with Crippen molar-refractivity contribution >= 4 is 63.9 Å². The summed E-state index contributed by atoms with van der Waals surface area (Å²) < 4.78 is 35.8. The maximum atomic E-state index is 13.7. The smallest absolute Gasteiger partial charge is 0.257 e. The zero-order chi connectivity index (χ0) is 47.6. The standard InChI is InChI=1S/C50H40Cl4N6O8/c1-56-36-17-33(25-58-26-36)28-66-44-21-46(42(52)19-40(44)50(62)60-10-14-64-15-11-60)68-30-35-5-3-7-38(48(35)54)37-6-2-4-34(47(37)53)29-67-45-20-43(65-27-32-16-31(22-55)23-57-24-32)39(18-41(45)51)49(61)59-8-12-63-13-9-59/h2-7,16-21,23-26H,8-15,27-30H2. The van der Waals surface area contributed by atoms with Gasteiger partial charge in [0.2, 0.25) is 5.69 Å². The van der Waals surface area contributed by atoms with Crippen molar-refractivity contribution in [3.05, 3.63) is 168 Å². The molecule has 0 unspecified atom stereocenters. The van der Waals surface area contributed by atoms with E-state index in [4.69, 9.17) is 81.4 Å². The van der Waals surface area contributed by atoms with Gasteiger partial charge in [-0.25, -0.2) is 4.85 Å². The molecule has 14 nitrogen and oxygen atoms in total. The molecule has 2 aromatic heterocycles. The number of rotatable bonds is 15. The van der Waals surface area contributed by atoms with Gasteiger partial charge < -0.3 is 38.2 Å². The van der Waals surface area contributed by atoms with E-state index in [-0.39, 0.29) is 82.4 Å². The highest BCUT2D eigenvalue weighted by Gasteiger charge is 2.27. The largest absolute Gasteiger partial charge is 0.488 e. The number of ether oxygens (including phenoxy) is 6. The van der Waals surface area contributed by atoms with Crippen LogP contribution in [0.1, 0.15) is 48.5 Å². The van der Waals surface area contributed by atoms with Crippen LogP contribution in [0.25, 0.3) is 16.0 Å². The van der Waals surface area contributed by atoms with Crippen LogP contribution in [0, 0.1) is 17.9 Å². The molecule has 346 valence electrons. The predicted octanol–water partition coefficient (Wildman–Crippen LogP) is 10.4. The fourth-order valence-corrected chi connectivity index (χ4v) is 8.41. The first-order valence-electron chi connectivity index (χ1n) is 21.2. The summed E-state index contributed by atoms with van der Waals surface area (Å²) in [5, 5.41) is 10.5. The molecule has 0 radical (unpaired) electrons. The molecule has 4 heterocycles. The van der Waals surface area contributed by atoms with Gasteiger partial charge in [0.25, 0.3) is 11.8 Å². The second-order valence-corrected chi connectivity index (χ2v) is 17.0. The number of pyridine rings is 2. The molecule has 0 aliphatic carbocycles. The number of aromatic nitrogens is 2. The number of hydrogen-bond donors (Lipinski definition) is 0. The number of hydrogen-bond acceptors (Lipinski definition) is 11. The van der Waals surface area contributed by atoms with E-state index in [0.29, 0.717) is 107 Å². The Labute approximate surface area is 412 Å². The molecule has 68 heavy (non-hydrogen) atoms. The molecule has 8 rings (SSSR count). The van der Waals surface area contributed by atoms with Gasteiger partial charge >= 0.3 is 0 Å². The SMILES string of the molecule is [C-]#[N+]c1cncc(COc2cc(OCc3cccc(-c4cccc(COc5cc(OCc6cncc(C#N)c6)c(C(=O)N6CCOCC6)cc5Cl)c4Cl)c3Cl)c(Cl)cc2C(=O)N2CCOCC2)c1. The summed E-state index contributed by atoms with van der Waals surface area (Å²) in [5.41, 5.74) is 5.01. The lowest BCUT2D eigenvalue weighted by Crippen LogP contribution is -2.40. The first-order chi connectivity index (χ1) is 33.1. The second kappa shape index (κ2) is 22.5. The molecule has 0 atom stereocenters. The molecule has 2 saturated heterocycles. The molecule has 18 heteroatoms. The lowest BCUT2D eigenvalue weighted by molar-refractivity contribution is 0.0298. The van der Waals surface area contributed by atoms with Crippen LogP contribution in [0.2, 0.25) is 20.1 Å². The number of amides is 2. The number of nitriles is 1. The van der Waals surface area contributed by atoms with E-state index in [9.17, 15) is 14.9 Å². The van der Waals surface area contributed by atoms with Crippen LogP contribution in [0.3, 0.4) is 0 Å². The van der Waals surface area contributed by atoms with E-state index in [1.54, 1.807) is 46.5 Å². The van der Waals surface area contributed by atoms with Crippen molar-refractivity contribution in [3.8, 4) is 40.2 Å². The van der Waals surface area contributed by atoms with E-state index >= 15 is 0 Å². The van der Waals surface area contributed by atoms with Crippen molar-refractivity contribution < 1.29 is 38.0 Å². The van der Waals surface area contributed by atoms with E-state index in [1.165, 1.54) is 24.5 Å². The summed E-state index contributed by atoms with van der Waals surface area (Å²) in [4.78, 5) is 42.5. The van der Waals surface area contributed by atoms with Gasteiger partial charge in [-0.1, -0.05) is 82.8 Å². The molecule has 2 aliphatic heterocycles.